The van der Waals surface area contributed by atoms with E-state index in [0.717, 1.165) is 0 Å². The van der Waals surface area contributed by atoms with Crippen LogP contribution in [0.3, 0.4) is 0 Å². The van der Waals surface area contributed by atoms with Crippen molar-refractivity contribution >= 4 is 16.1 Å². The van der Waals surface area contributed by atoms with Crippen LogP contribution in [-0.2, 0) is 14.9 Å². The Labute approximate surface area is 106 Å². The molecule has 0 aromatic heterocycles. The Hall–Kier alpha value is -0.740. The fourth-order valence-electron chi connectivity index (χ4n) is 2.00. The molecule has 0 aliphatic carbocycles. The van der Waals surface area contributed by atoms with Crippen molar-refractivity contribution in [2.75, 3.05) is 33.9 Å². The number of aliphatic hydroxyl groups is 2. The van der Waals surface area contributed by atoms with Gasteiger partial charge in [0.25, 0.3) is 4.87 Å². The van der Waals surface area contributed by atoms with E-state index in [1.54, 1.807) is 0 Å². The molecule has 0 heterocycles. The fourth-order valence-corrected chi connectivity index (χ4v) is 3.27. The van der Waals surface area contributed by atoms with Crippen LogP contribution < -0.4 is 5.11 Å². The summed E-state index contributed by atoms with van der Waals surface area (Å²) in [5.74, 6) is -1.98. The monoisotopic (exact) mass is 285 g/mol. The molecule has 0 fully saturated rings. The summed E-state index contributed by atoms with van der Waals surface area (Å²) < 4.78 is 31.4. The van der Waals surface area contributed by atoms with Crippen molar-refractivity contribution in [3.05, 3.63) is 0 Å². The van der Waals surface area contributed by atoms with E-state index in [4.69, 9.17) is 10.2 Å². The molecular weight excluding hydrogens is 266 g/mol. The van der Waals surface area contributed by atoms with Crippen LogP contribution in [0.2, 0.25) is 0 Å². The smallest absolute Gasteiger partial charge is 0.328 e. The predicted molar refractivity (Wildman–Crippen MR) is 59.7 cm³/mol. The van der Waals surface area contributed by atoms with Crippen molar-refractivity contribution < 1.29 is 37.6 Å². The summed E-state index contributed by atoms with van der Waals surface area (Å²) in [5, 5.41) is 28.8. The van der Waals surface area contributed by atoms with Gasteiger partial charge < -0.3 is 24.6 Å². The molecule has 0 amide bonds. The van der Waals surface area contributed by atoms with Crippen molar-refractivity contribution in [3.63, 3.8) is 0 Å². The maximum Gasteiger partial charge on any atom is 0.328 e. The largest absolute Gasteiger partial charge is 0.543 e. The molecule has 0 saturated heterocycles. The second kappa shape index (κ2) is 5.93. The lowest BCUT2D eigenvalue weighted by atomic mass is 10.1. The summed E-state index contributed by atoms with van der Waals surface area (Å²) in [7, 11) is -2.46. The number of carbonyl (C=O) groups excluding carboxylic acids is 1. The van der Waals surface area contributed by atoms with E-state index in [-0.39, 0.29) is 19.6 Å². The standard InChI is InChI=1S/C9H19NO7S/c1-10(2,5-3-6-11)9(4-7-12,8(13)14)18(15,16)17/h11-12H,3-7H2,1-2H3,(H-,13,14,15,16,17). The number of hydrogen-bond acceptors (Lipinski definition) is 6. The summed E-state index contributed by atoms with van der Waals surface area (Å²) in [5.41, 5.74) is 0. The molecule has 1 unspecified atom stereocenters. The lowest BCUT2D eigenvalue weighted by molar-refractivity contribution is -0.920. The third-order valence-electron chi connectivity index (χ3n) is 3.05. The molecule has 0 aliphatic rings. The molecule has 8 nitrogen and oxygen atoms in total. The third-order valence-corrected chi connectivity index (χ3v) is 4.77. The lowest BCUT2D eigenvalue weighted by Gasteiger charge is -2.46. The van der Waals surface area contributed by atoms with Gasteiger partial charge in [-0.2, -0.15) is 8.42 Å². The first-order valence-corrected chi connectivity index (χ1v) is 6.74. The van der Waals surface area contributed by atoms with Crippen LogP contribution in [0.5, 0.6) is 0 Å². The number of carboxylic acids is 1. The molecule has 9 heteroatoms. The van der Waals surface area contributed by atoms with Crippen LogP contribution in [0.1, 0.15) is 12.8 Å². The Morgan fingerprint density at radius 2 is 1.78 bits per heavy atom. The average Bonchev–Trinajstić information content (AvgIpc) is 2.20. The van der Waals surface area contributed by atoms with Crippen LogP contribution >= 0.6 is 0 Å². The molecule has 0 aliphatic heterocycles. The van der Waals surface area contributed by atoms with E-state index >= 15 is 0 Å². The molecule has 0 bridgehead atoms. The Morgan fingerprint density at radius 3 is 2.06 bits per heavy atom. The number of carboxylic acid groups (broad SMARTS) is 1. The zero-order valence-electron chi connectivity index (χ0n) is 10.4. The Balaban J connectivity index is 5.79. The first-order chi connectivity index (χ1) is 8.06. The summed E-state index contributed by atoms with van der Waals surface area (Å²) in [6.45, 7) is -1.02. The molecule has 0 spiro atoms. The van der Waals surface area contributed by atoms with E-state index in [0.29, 0.717) is 0 Å². The minimum Gasteiger partial charge on any atom is -0.543 e. The number of aliphatic hydroxyl groups excluding tert-OH is 2. The van der Waals surface area contributed by atoms with Crippen molar-refractivity contribution in [1.82, 2.24) is 0 Å². The summed E-state index contributed by atoms with van der Waals surface area (Å²) in [6.07, 6.45) is -0.560. The van der Waals surface area contributed by atoms with Gasteiger partial charge in [0.1, 0.15) is 5.97 Å². The predicted octanol–water partition coefficient (Wildman–Crippen LogP) is -2.84. The molecule has 0 radical (unpaired) electrons. The quantitative estimate of drug-likeness (QED) is 0.323. The third kappa shape index (κ3) is 2.98. The topological polar surface area (TPSA) is 135 Å². The molecule has 108 valence electrons. The number of rotatable bonds is 8. The minimum atomic E-state index is -5.01. The van der Waals surface area contributed by atoms with E-state index in [2.05, 4.69) is 0 Å². The second-order valence-electron chi connectivity index (χ2n) is 4.51. The zero-order chi connectivity index (χ0) is 14.6. The minimum absolute atomic E-state index is 0.0235. The number of aliphatic carboxylic acids is 1. The molecule has 3 N–H and O–H groups in total. The number of hydrogen-bond donors (Lipinski definition) is 3. The summed E-state index contributed by atoms with van der Waals surface area (Å²) in [6, 6.07) is 0. The van der Waals surface area contributed by atoms with Gasteiger partial charge in [-0.15, -0.1) is 0 Å². The van der Waals surface area contributed by atoms with Crippen LogP contribution in [-0.4, -0.2) is 72.4 Å². The van der Waals surface area contributed by atoms with Gasteiger partial charge in [-0.05, 0) is 0 Å². The lowest BCUT2D eigenvalue weighted by Crippen LogP contribution is -2.72. The van der Waals surface area contributed by atoms with E-state index < -0.39 is 38.5 Å². The highest BCUT2D eigenvalue weighted by molar-refractivity contribution is 7.87. The number of nitrogens with zero attached hydrogens (tertiary/aromatic N) is 1. The molecule has 0 rings (SSSR count). The highest BCUT2D eigenvalue weighted by Crippen LogP contribution is 2.30. The molecule has 0 aromatic rings. The summed E-state index contributed by atoms with van der Waals surface area (Å²) >= 11 is 0. The average molecular weight is 285 g/mol. The van der Waals surface area contributed by atoms with Crippen molar-refractivity contribution in [1.29, 1.82) is 0 Å². The SMILES string of the molecule is C[N+](C)(CCCO)C(CCO)(C(=O)[O-])S(=O)(=O)O. The molecular formula is C9H19NO7S. The highest BCUT2D eigenvalue weighted by atomic mass is 32.2. The Kier molecular flexibility index (Phi) is 5.69. The number of quaternary nitrogens is 1. The molecule has 18 heavy (non-hydrogen) atoms. The molecule has 0 aromatic carbocycles. The van der Waals surface area contributed by atoms with Crippen LogP contribution in [0.4, 0.5) is 0 Å². The fraction of sp³-hybridized carbons (Fsp3) is 0.889. The first-order valence-electron chi connectivity index (χ1n) is 5.30. The van der Waals surface area contributed by atoms with Crippen LogP contribution in [0.25, 0.3) is 0 Å². The highest BCUT2D eigenvalue weighted by Gasteiger charge is 2.57. The Bertz CT molecular complexity index is 392. The Morgan fingerprint density at radius 1 is 1.28 bits per heavy atom. The van der Waals surface area contributed by atoms with Crippen molar-refractivity contribution in [3.8, 4) is 0 Å². The summed E-state index contributed by atoms with van der Waals surface area (Å²) in [4.78, 5) is 8.57. The van der Waals surface area contributed by atoms with E-state index in [1.165, 1.54) is 14.1 Å². The van der Waals surface area contributed by atoms with Gasteiger partial charge in [0.05, 0.1) is 27.2 Å². The van der Waals surface area contributed by atoms with Gasteiger partial charge in [0.2, 0.25) is 0 Å². The van der Waals surface area contributed by atoms with E-state index in [1.807, 2.05) is 0 Å². The van der Waals surface area contributed by atoms with Gasteiger partial charge in [-0.3, -0.25) is 4.55 Å². The van der Waals surface area contributed by atoms with E-state index in [9.17, 15) is 22.9 Å². The van der Waals surface area contributed by atoms with Gasteiger partial charge in [0.15, 0.2) is 0 Å². The van der Waals surface area contributed by atoms with Crippen molar-refractivity contribution in [2.45, 2.75) is 17.7 Å². The number of carbonyl (C=O) groups is 1. The van der Waals surface area contributed by atoms with Gasteiger partial charge in [0, 0.05) is 19.4 Å². The molecule has 0 saturated carbocycles. The number of likely N-dealkylation sites (N-methyl/N-ethyl adjacent to an activating group) is 1. The second-order valence-corrected chi connectivity index (χ2v) is 6.13. The molecule has 1 atom stereocenters. The van der Waals surface area contributed by atoms with Gasteiger partial charge in [-0.25, -0.2) is 0 Å². The van der Waals surface area contributed by atoms with Crippen LogP contribution in [0.15, 0.2) is 0 Å². The first kappa shape index (κ1) is 17.3. The van der Waals surface area contributed by atoms with Crippen LogP contribution in [0, 0.1) is 0 Å². The maximum absolute atomic E-state index is 11.4. The zero-order valence-corrected chi connectivity index (χ0v) is 11.2. The normalized spacial score (nSPS) is 16.3. The van der Waals surface area contributed by atoms with Crippen molar-refractivity contribution in [2.24, 2.45) is 0 Å². The maximum atomic E-state index is 11.4. The van der Waals surface area contributed by atoms with Gasteiger partial charge in [-0.1, -0.05) is 0 Å². The van der Waals surface area contributed by atoms with Gasteiger partial charge >= 0.3 is 10.1 Å².